The van der Waals surface area contributed by atoms with Crippen LogP contribution >= 0.6 is 11.3 Å². The molecule has 0 unspecified atom stereocenters. The van der Waals surface area contributed by atoms with Crippen molar-refractivity contribution in [2.75, 3.05) is 19.0 Å². The fourth-order valence-electron chi connectivity index (χ4n) is 2.49. The highest BCUT2D eigenvalue weighted by Crippen LogP contribution is 2.34. The van der Waals surface area contributed by atoms with Gasteiger partial charge in [-0.1, -0.05) is 13.8 Å². The molecule has 2 aromatic heterocycles. The number of thiophene rings is 1. The van der Waals surface area contributed by atoms with Crippen molar-refractivity contribution in [3.8, 4) is 5.75 Å². The van der Waals surface area contributed by atoms with E-state index in [2.05, 4.69) is 29.1 Å². The molecule has 0 spiro atoms. The molecule has 136 valence electrons. The number of aryl methyl sites for hydroxylation is 1. The van der Waals surface area contributed by atoms with E-state index in [0.29, 0.717) is 23.2 Å². The number of ether oxygens (including phenoxy) is 2. The summed E-state index contributed by atoms with van der Waals surface area (Å²) in [5.41, 5.74) is 1.70. The van der Waals surface area contributed by atoms with Gasteiger partial charge in [-0.25, -0.2) is 14.8 Å². The second-order valence-corrected chi connectivity index (χ2v) is 7.30. The van der Waals surface area contributed by atoms with Crippen molar-refractivity contribution in [2.24, 2.45) is 5.92 Å². The summed E-state index contributed by atoms with van der Waals surface area (Å²) < 4.78 is 10.5. The maximum absolute atomic E-state index is 11.9. The minimum Gasteiger partial charge on any atom is -0.493 e. The second-order valence-electron chi connectivity index (χ2n) is 6.30. The van der Waals surface area contributed by atoms with E-state index in [9.17, 15) is 4.79 Å². The smallest absolute Gasteiger partial charge is 0.348 e. The number of anilines is 2. The van der Waals surface area contributed by atoms with E-state index < -0.39 is 0 Å². The summed E-state index contributed by atoms with van der Waals surface area (Å²) in [6.07, 6.45) is 1.49. The Hall–Kier alpha value is -2.67. The van der Waals surface area contributed by atoms with Gasteiger partial charge in [0.15, 0.2) is 0 Å². The van der Waals surface area contributed by atoms with Crippen molar-refractivity contribution < 1.29 is 14.3 Å². The number of aromatic nitrogens is 2. The van der Waals surface area contributed by atoms with Crippen LogP contribution < -0.4 is 10.1 Å². The molecule has 3 rings (SSSR count). The summed E-state index contributed by atoms with van der Waals surface area (Å²) in [4.78, 5) is 21.8. The first-order valence-corrected chi connectivity index (χ1v) is 9.13. The molecule has 0 radical (unpaired) electrons. The van der Waals surface area contributed by atoms with Crippen molar-refractivity contribution in [3.05, 3.63) is 41.0 Å². The SMILES string of the molecule is COC(=O)c1sc2ncnc(Nc3ccc(OCC(C)C)cc3)c2c1C. The molecule has 26 heavy (non-hydrogen) atoms. The molecule has 0 atom stereocenters. The third-order valence-corrected chi connectivity index (χ3v) is 4.98. The zero-order valence-electron chi connectivity index (χ0n) is 15.2. The van der Waals surface area contributed by atoms with Gasteiger partial charge in [-0.2, -0.15) is 0 Å². The fourth-order valence-corrected chi connectivity index (χ4v) is 3.55. The Bertz CT molecular complexity index is 920. The van der Waals surface area contributed by atoms with Crippen LogP contribution in [0.5, 0.6) is 5.75 Å². The molecule has 7 heteroatoms. The maximum Gasteiger partial charge on any atom is 0.348 e. The van der Waals surface area contributed by atoms with Gasteiger partial charge in [0.1, 0.15) is 27.6 Å². The molecule has 2 heterocycles. The Labute approximate surface area is 156 Å². The standard InChI is InChI=1S/C19H21N3O3S/c1-11(2)9-25-14-7-5-13(6-8-14)22-17-15-12(3)16(19(23)24-4)26-18(15)21-10-20-17/h5-8,10-11H,9H2,1-4H3,(H,20,21,22). The number of carbonyl (C=O) groups is 1. The lowest BCUT2D eigenvalue weighted by atomic mass is 10.2. The Morgan fingerprint density at radius 2 is 1.96 bits per heavy atom. The number of hydrogen-bond acceptors (Lipinski definition) is 7. The number of nitrogens with one attached hydrogen (secondary N) is 1. The van der Waals surface area contributed by atoms with Gasteiger partial charge >= 0.3 is 5.97 Å². The zero-order chi connectivity index (χ0) is 18.7. The highest BCUT2D eigenvalue weighted by atomic mass is 32.1. The number of benzene rings is 1. The number of esters is 1. The highest BCUT2D eigenvalue weighted by Gasteiger charge is 2.19. The minimum absolute atomic E-state index is 0.358. The van der Waals surface area contributed by atoms with Crippen LogP contribution in [0.25, 0.3) is 10.2 Å². The van der Waals surface area contributed by atoms with Crippen LogP contribution in [0.1, 0.15) is 29.1 Å². The molecule has 0 saturated carbocycles. The number of nitrogens with zero attached hydrogens (tertiary/aromatic N) is 2. The van der Waals surface area contributed by atoms with Gasteiger partial charge in [0.2, 0.25) is 0 Å². The summed E-state index contributed by atoms with van der Waals surface area (Å²) >= 11 is 1.31. The molecule has 6 nitrogen and oxygen atoms in total. The van der Waals surface area contributed by atoms with E-state index in [0.717, 1.165) is 27.2 Å². The quantitative estimate of drug-likeness (QED) is 0.640. The third-order valence-electron chi connectivity index (χ3n) is 3.80. The van der Waals surface area contributed by atoms with E-state index in [-0.39, 0.29) is 5.97 Å². The largest absolute Gasteiger partial charge is 0.493 e. The Balaban J connectivity index is 1.87. The summed E-state index contributed by atoms with van der Waals surface area (Å²) in [5, 5.41) is 4.13. The summed E-state index contributed by atoms with van der Waals surface area (Å²) in [7, 11) is 1.37. The highest BCUT2D eigenvalue weighted by molar-refractivity contribution is 7.20. The topological polar surface area (TPSA) is 73.3 Å². The predicted molar refractivity (Wildman–Crippen MR) is 104 cm³/mol. The molecule has 0 fully saturated rings. The Kier molecular flexibility index (Phi) is 5.37. The molecule has 1 aromatic carbocycles. The first-order valence-electron chi connectivity index (χ1n) is 8.32. The van der Waals surface area contributed by atoms with E-state index in [4.69, 9.17) is 9.47 Å². The number of rotatable bonds is 6. The Morgan fingerprint density at radius 3 is 2.62 bits per heavy atom. The minimum atomic E-state index is -0.358. The van der Waals surface area contributed by atoms with Crippen LogP contribution in [0.4, 0.5) is 11.5 Å². The lowest BCUT2D eigenvalue weighted by Crippen LogP contribution is -2.04. The van der Waals surface area contributed by atoms with Crippen LogP contribution in [0.3, 0.4) is 0 Å². The lowest BCUT2D eigenvalue weighted by molar-refractivity contribution is 0.0605. The zero-order valence-corrected chi connectivity index (χ0v) is 16.0. The maximum atomic E-state index is 11.9. The molecule has 0 aliphatic rings. The van der Waals surface area contributed by atoms with Gasteiger partial charge in [0, 0.05) is 5.69 Å². The van der Waals surface area contributed by atoms with Gasteiger partial charge in [0.05, 0.1) is 19.1 Å². The second kappa shape index (κ2) is 7.70. The fraction of sp³-hybridized carbons (Fsp3) is 0.316. The van der Waals surface area contributed by atoms with Gasteiger partial charge in [-0.3, -0.25) is 0 Å². The predicted octanol–water partition coefficient (Wildman–Crippen LogP) is 4.56. The first-order chi connectivity index (χ1) is 12.5. The van der Waals surface area contributed by atoms with E-state index in [1.807, 2.05) is 31.2 Å². The average molecular weight is 371 g/mol. The molecule has 0 aliphatic heterocycles. The summed E-state index contributed by atoms with van der Waals surface area (Å²) in [6, 6.07) is 7.71. The van der Waals surface area contributed by atoms with Gasteiger partial charge in [0.25, 0.3) is 0 Å². The third kappa shape index (κ3) is 3.77. The van der Waals surface area contributed by atoms with Gasteiger partial charge in [-0.15, -0.1) is 11.3 Å². The van der Waals surface area contributed by atoms with Crippen molar-refractivity contribution >= 4 is 39.0 Å². The van der Waals surface area contributed by atoms with E-state index >= 15 is 0 Å². The lowest BCUT2D eigenvalue weighted by Gasteiger charge is -2.10. The molecule has 0 saturated heterocycles. The number of methoxy groups -OCH3 is 1. The summed E-state index contributed by atoms with van der Waals surface area (Å²) in [5.74, 6) is 1.61. The summed E-state index contributed by atoms with van der Waals surface area (Å²) in [6.45, 7) is 6.79. The molecule has 0 amide bonds. The molecular formula is C19H21N3O3S. The average Bonchev–Trinajstić information content (AvgIpc) is 2.98. The first kappa shape index (κ1) is 18.1. The van der Waals surface area contributed by atoms with Crippen molar-refractivity contribution in [2.45, 2.75) is 20.8 Å². The monoisotopic (exact) mass is 371 g/mol. The Morgan fingerprint density at radius 1 is 1.23 bits per heavy atom. The van der Waals surface area contributed by atoms with Crippen molar-refractivity contribution in [3.63, 3.8) is 0 Å². The normalized spacial score (nSPS) is 11.0. The van der Waals surface area contributed by atoms with Crippen LogP contribution in [-0.4, -0.2) is 29.7 Å². The van der Waals surface area contributed by atoms with Crippen LogP contribution in [-0.2, 0) is 4.74 Å². The van der Waals surface area contributed by atoms with Gasteiger partial charge < -0.3 is 14.8 Å². The van der Waals surface area contributed by atoms with Crippen LogP contribution in [0.15, 0.2) is 30.6 Å². The van der Waals surface area contributed by atoms with E-state index in [1.54, 1.807) is 0 Å². The van der Waals surface area contributed by atoms with Crippen molar-refractivity contribution in [1.29, 1.82) is 0 Å². The molecular weight excluding hydrogens is 350 g/mol. The van der Waals surface area contributed by atoms with Crippen LogP contribution in [0.2, 0.25) is 0 Å². The van der Waals surface area contributed by atoms with E-state index in [1.165, 1.54) is 24.8 Å². The number of carbonyl (C=O) groups excluding carboxylic acids is 1. The van der Waals surface area contributed by atoms with Crippen LogP contribution in [0, 0.1) is 12.8 Å². The molecule has 3 aromatic rings. The number of hydrogen-bond donors (Lipinski definition) is 1. The number of fused-ring (bicyclic) bond motifs is 1. The van der Waals surface area contributed by atoms with Gasteiger partial charge in [-0.05, 0) is 42.7 Å². The molecule has 0 bridgehead atoms. The molecule has 0 aliphatic carbocycles. The van der Waals surface area contributed by atoms with Crippen molar-refractivity contribution in [1.82, 2.24) is 9.97 Å². The molecule has 1 N–H and O–H groups in total.